The molecule has 128 valence electrons. The molecule has 2 rings (SSSR count). The lowest BCUT2D eigenvalue weighted by molar-refractivity contribution is -0.135. The van der Waals surface area contributed by atoms with Gasteiger partial charge in [0, 0.05) is 31.7 Å². The minimum Gasteiger partial charge on any atom is -0.343 e. The van der Waals surface area contributed by atoms with Gasteiger partial charge in [0.1, 0.15) is 6.04 Å². The van der Waals surface area contributed by atoms with Crippen LogP contribution in [0.1, 0.15) is 45.3 Å². The summed E-state index contributed by atoms with van der Waals surface area (Å²) >= 11 is 1.50. The zero-order valence-electron chi connectivity index (χ0n) is 14.3. The molecule has 1 atom stereocenters. The molecule has 8 heteroatoms. The fourth-order valence-corrected chi connectivity index (χ4v) is 3.11. The second kappa shape index (κ2) is 6.90. The van der Waals surface area contributed by atoms with E-state index < -0.39 is 10.8 Å². The zero-order chi connectivity index (χ0) is 17.2. The lowest BCUT2D eigenvalue weighted by Crippen LogP contribution is -2.57. The Morgan fingerprint density at radius 1 is 1.52 bits per heavy atom. The van der Waals surface area contributed by atoms with Crippen molar-refractivity contribution in [2.24, 2.45) is 0 Å². The number of hydrogen-bond donors (Lipinski definition) is 1. The van der Waals surface area contributed by atoms with E-state index in [0.29, 0.717) is 30.4 Å². The van der Waals surface area contributed by atoms with Gasteiger partial charge in [0.2, 0.25) is 17.7 Å². The van der Waals surface area contributed by atoms with E-state index in [1.165, 1.54) is 11.8 Å². The second-order valence-corrected chi connectivity index (χ2v) is 8.20. The Labute approximate surface area is 140 Å². The molecule has 0 saturated carbocycles. The van der Waals surface area contributed by atoms with Crippen LogP contribution in [0.5, 0.6) is 0 Å². The molecule has 1 saturated heterocycles. The Morgan fingerprint density at radius 2 is 2.22 bits per heavy atom. The molecule has 1 aromatic rings. The predicted molar refractivity (Wildman–Crippen MR) is 88.2 cm³/mol. The van der Waals surface area contributed by atoms with Crippen LogP contribution in [0.4, 0.5) is 0 Å². The van der Waals surface area contributed by atoms with Crippen molar-refractivity contribution >= 4 is 23.6 Å². The maximum absolute atomic E-state index is 12.4. The number of rotatable bonds is 5. The number of amides is 2. The molecule has 1 N–H and O–H groups in total. The van der Waals surface area contributed by atoms with Crippen LogP contribution in [0.3, 0.4) is 0 Å². The number of thioether (sulfide) groups is 1. The highest BCUT2D eigenvalue weighted by Gasteiger charge is 2.38. The first-order chi connectivity index (χ1) is 10.7. The molecule has 1 aliphatic rings. The van der Waals surface area contributed by atoms with E-state index in [4.69, 9.17) is 4.52 Å². The lowest BCUT2D eigenvalue weighted by Gasteiger charge is -2.34. The second-order valence-electron chi connectivity index (χ2n) is 6.56. The van der Waals surface area contributed by atoms with E-state index in [9.17, 15) is 9.59 Å². The third kappa shape index (κ3) is 4.25. The van der Waals surface area contributed by atoms with Crippen LogP contribution in [0, 0.1) is 0 Å². The molecule has 0 aromatic carbocycles. The van der Waals surface area contributed by atoms with Crippen LogP contribution in [0.25, 0.3) is 0 Å². The van der Waals surface area contributed by atoms with Gasteiger partial charge in [-0.05, 0) is 13.8 Å². The topological polar surface area (TPSA) is 88.3 Å². The highest BCUT2D eigenvalue weighted by atomic mass is 32.2. The van der Waals surface area contributed by atoms with Crippen molar-refractivity contribution in [1.82, 2.24) is 20.4 Å². The average molecular weight is 340 g/mol. The van der Waals surface area contributed by atoms with Gasteiger partial charge < -0.3 is 14.7 Å². The molecule has 0 spiro atoms. The van der Waals surface area contributed by atoms with Gasteiger partial charge in [0.25, 0.3) is 0 Å². The minimum atomic E-state index is -0.479. The Hall–Kier alpha value is -1.57. The van der Waals surface area contributed by atoms with Crippen molar-refractivity contribution < 1.29 is 14.1 Å². The summed E-state index contributed by atoms with van der Waals surface area (Å²) in [7, 11) is 1.72. The highest BCUT2D eigenvalue weighted by Crippen LogP contribution is 2.29. The van der Waals surface area contributed by atoms with Crippen LogP contribution in [-0.2, 0) is 16.0 Å². The van der Waals surface area contributed by atoms with Crippen molar-refractivity contribution in [2.75, 3.05) is 19.3 Å². The summed E-state index contributed by atoms with van der Waals surface area (Å²) in [5.74, 6) is 1.79. The average Bonchev–Trinajstić information content (AvgIpc) is 2.96. The fraction of sp³-hybridized carbons (Fsp3) is 0.733. The molecule has 1 aliphatic heterocycles. The molecule has 0 aliphatic carbocycles. The summed E-state index contributed by atoms with van der Waals surface area (Å²) in [6.45, 7) is 8.17. The van der Waals surface area contributed by atoms with E-state index >= 15 is 0 Å². The Bertz CT molecular complexity index is 585. The SMILES string of the molecule is CC(C)c1nc(CCN(C)C(=O)C2CSC(C)(C)C(=O)N2)no1. The normalized spacial score (nSPS) is 20.4. The minimum absolute atomic E-state index is 0.0890. The molecule has 23 heavy (non-hydrogen) atoms. The molecular formula is C15H24N4O3S. The van der Waals surface area contributed by atoms with Crippen molar-refractivity contribution in [3.63, 3.8) is 0 Å². The molecule has 1 unspecified atom stereocenters. The van der Waals surface area contributed by atoms with Gasteiger partial charge >= 0.3 is 0 Å². The number of carbonyl (C=O) groups is 2. The standard InChI is InChI=1S/C15H24N4O3S/c1-9(2)12-17-11(18-22-12)6-7-19(5)13(20)10-8-23-15(3,4)14(21)16-10/h9-10H,6-8H2,1-5H3,(H,16,21). The quantitative estimate of drug-likeness (QED) is 0.866. The summed E-state index contributed by atoms with van der Waals surface area (Å²) in [6, 6.07) is -0.470. The van der Waals surface area contributed by atoms with Crippen molar-refractivity contribution in [3.05, 3.63) is 11.7 Å². The Morgan fingerprint density at radius 3 is 2.78 bits per heavy atom. The number of nitrogens with one attached hydrogen (secondary N) is 1. The smallest absolute Gasteiger partial charge is 0.245 e. The Balaban J connectivity index is 1.86. The van der Waals surface area contributed by atoms with Crippen molar-refractivity contribution in [1.29, 1.82) is 0 Å². The maximum atomic E-state index is 12.4. The van der Waals surface area contributed by atoms with Gasteiger partial charge in [-0.25, -0.2) is 0 Å². The zero-order valence-corrected chi connectivity index (χ0v) is 15.1. The van der Waals surface area contributed by atoms with Gasteiger partial charge in [0.05, 0.1) is 4.75 Å². The van der Waals surface area contributed by atoms with Gasteiger partial charge in [-0.3, -0.25) is 9.59 Å². The molecule has 2 amide bonds. The first kappa shape index (κ1) is 17.8. The molecule has 7 nitrogen and oxygen atoms in total. The van der Waals surface area contributed by atoms with Crippen molar-refractivity contribution in [2.45, 2.75) is 50.8 Å². The van der Waals surface area contributed by atoms with Crippen LogP contribution < -0.4 is 5.32 Å². The summed E-state index contributed by atoms with van der Waals surface area (Å²) < 4.78 is 4.67. The summed E-state index contributed by atoms with van der Waals surface area (Å²) in [5, 5.41) is 6.72. The van der Waals surface area contributed by atoms with Gasteiger partial charge in [-0.1, -0.05) is 19.0 Å². The van der Waals surface area contributed by atoms with E-state index in [1.54, 1.807) is 11.9 Å². The number of aromatic nitrogens is 2. The summed E-state index contributed by atoms with van der Waals surface area (Å²) in [4.78, 5) is 30.3. The van der Waals surface area contributed by atoms with Gasteiger partial charge in [-0.2, -0.15) is 4.98 Å². The van der Waals surface area contributed by atoms with Crippen LogP contribution in [0.15, 0.2) is 4.52 Å². The van der Waals surface area contributed by atoms with Crippen LogP contribution in [0.2, 0.25) is 0 Å². The largest absolute Gasteiger partial charge is 0.343 e. The van der Waals surface area contributed by atoms with Crippen LogP contribution >= 0.6 is 11.8 Å². The molecule has 0 bridgehead atoms. The van der Waals surface area contributed by atoms with Crippen molar-refractivity contribution in [3.8, 4) is 0 Å². The molecule has 0 radical (unpaired) electrons. The number of likely N-dealkylation sites (N-methyl/N-ethyl adjacent to an activating group) is 1. The molecule has 2 heterocycles. The monoisotopic (exact) mass is 340 g/mol. The van der Waals surface area contributed by atoms with E-state index in [0.717, 1.165) is 0 Å². The predicted octanol–water partition coefficient (Wildman–Crippen LogP) is 1.20. The van der Waals surface area contributed by atoms with E-state index in [2.05, 4.69) is 15.5 Å². The molecule has 1 aromatic heterocycles. The Kier molecular flexibility index (Phi) is 5.33. The maximum Gasteiger partial charge on any atom is 0.245 e. The van der Waals surface area contributed by atoms with Gasteiger partial charge in [-0.15, -0.1) is 11.8 Å². The molecule has 1 fully saturated rings. The first-order valence-corrected chi connectivity index (χ1v) is 8.71. The number of nitrogens with zero attached hydrogens (tertiary/aromatic N) is 3. The highest BCUT2D eigenvalue weighted by molar-refractivity contribution is 8.01. The van der Waals surface area contributed by atoms with Crippen LogP contribution in [-0.4, -0.2) is 57.0 Å². The summed E-state index contributed by atoms with van der Waals surface area (Å²) in [6.07, 6.45) is 0.526. The summed E-state index contributed by atoms with van der Waals surface area (Å²) in [5.41, 5.74) is 0. The fourth-order valence-electron chi connectivity index (χ4n) is 2.11. The van der Waals surface area contributed by atoms with Gasteiger partial charge in [0.15, 0.2) is 5.82 Å². The third-order valence-corrected chi connectivity index (χ3v) is 5.19. The lowest BCUT2D eigenvalue weighted by atomic mass is 10.1. The number of carbonyl (C=O) groups excluding carboxylic acids is 2. The molecular weight excluding hydrogens is 316 g/mol. The number of hydrogen-bond acceptors (Lipinski definition) is 6. The third-order valence-electron chi connectivity index (χ3n) is 3.79. The first-order valence-electron chi connectivity index (χ1n) is 7.73. The van der Waals surface area contributed by atoms with E-state index in [1.807, 2.05) is 27.7 Å². The van der Waals surface area contributed by atoms with E-state index in [-0.39, 0.29) is 17.7 Å².